The van der Waals surface area contributed by atoms with Gasteiger partial charge in [0, 0.05) is 29.7 Å². The zero-order valence-corrected chi connectivity index (χ0v) is 24.6. The molecule has 2 N–H and O–H groups in total. The monoisotopic (exact) mass is 615 g/mol. The molecule has 13 heteroatoms. The van der Waals surface area contributed by atoms with Crippen LogP contribution in [0.15, 0.2) is 53.4 Å². The molecule has 3 aromatic rings. The summed E-state index contributed by atoms with van der Waals surface area (Å²) in [6.07, 6.45) is -3.90. The van der Waals surface area contributed by atoms with E-state index in [1.807, 2.05) is 44.2 Å². The van der Waals surface area contributed by atoms with E-state index < -0.39 is 38.5 Å². The highest BCUT2D eigenvalue weighted by Crippen LogP contribution is 2.35. The molecule has 0 aliphatic heterocycles. The van der Waals surface area contributed by atoms with Crippen molar-refractivity contribution in [2.24, 2.45) is 5.92 Å². The Balaban J connectivity index is 1.51. The number of hydrogen-bond donors (Lipinski definition) is 2. The van der Waals surface area contributed by atoms with E-state index in [9.17, 15) is 35.6 Å². The third-order valence-electron chi connectivity index (χ3n) is 6.30. The van der Waals surface area contributed by atoms with Crippen LogP contribution in [0, 0.1) is 11.7 Å². The molecule has 3 rings (SSSR count). The largest absolute Gasteiger partial charge is 0.417 e. The Morgan fingerprint density at radius 2 is 1.76 bits per heavy atom. The van der Waals surface area contributed by atoms with Gasteiger partial charge in [-0.3, -0.25) is 9.59 Å². The smallest absolute Gasteiger partial charge is 0.354 e. The summed E-state index contributed by atoms with van der Waals surface area (Å²) in [7, 11) is -3.39. The zero-order valence-electron chi connectivity index (χ0n) is 22.9. The summed E-state index contributed by atoms with van der Waals surface area (Å²) < 4.78 is 80.7. The first-order valence-electron chi connectivity index (χ1n) is 13.1. The number of thiophene rings is 1. The molecule has 224 valence electrons. The van der Waals surface area contributed by atoms with Crippen LogP contribution in [0.1, 0.15) is 43.6 Å². The third-order valence-corrected chi connectivity index (χ3v) is 9.34. The predicted octanol–water partition coefficient (Wildman–Crippen LogP) is 5.35. The summed E-state index contributed by atoms with van der Waals surface area (Å²) in [6, 6.07) is 10.4. The summed E-state index contributed by atoms with van der Waals surface area (Å²) >= 11 is 1.52. The van der Waals surface area contributed by atoms with Crippen LogP contribution in [-0.4, -0.2) is 50.7 Å². The lowest BCUT2D eigenvalue weighted by molar-refractivity contribution is -0.140. The maximum absolute atomic E-state index is 13.4. The number of unbranched alkanes of at least 4 members (excludes halogenated alkanes) is 1. The molecule has 1 heterocycles. The quantitative estimate of drug-likeness (QED) is 0.200. The van der Waals surface area contributed by atoms with Crippen molar-refractivity contribution >= 4 is 43.3 Å². The number of rotatable bonds is 13. The fourth-order valence-corrected chi connectivity index (χ4v) is 6.72. The highest BCUT2D eigenvalue weighted by Gasteiger charge is 2.38. The molecule has 2 amide bonds. The summed E-state index contributed by atoms with van der Waals surface area (Å²) in [5.41, 5.74) is -1.57. The van der Waals surface area contributed by atoms with Crippen molar-refractivity contribution in [1.29, 1.82) is 0 Å². The average Bonchev–Trinajstić information content (AvgIpc) is 3.29. The molecule has 2 aromatic carbocycles. The van der Waals surface area contributed by atoms with Gasteiger partial charge in [-0.05, 0) is 60.9 Å². The van der Waals surface area contributed by atoms with Gasteiger partial charge < -0.3 is 10.6 Å². The Morgan fingerprint density at radius 3 is 2.41 bits per heavy atom. The van der Waals surface area contributed by atoms with Crippen LogP contribution in [0.5, 0.6) is 0 Å². The lowest BCUT2D eigenvalue weighted by Crippen LogP contribution is -2.48. The van der Waals surface area contributed by atoms with Gasteiger partial charge in [0.2, 0.25) is 21.8 Å². The van der Waals surface area contributed by atoms with Crippen molar-refractivity contribution < 1.29 is 35.6 Å². The molecule has 41 heavy (non-hydrogen) atoms. The second-order valence-electron chi connectivity index (χ2n) is 10.1. The fraction of sp³-hybridized carbons (Fsp3) is 0.429. The SMILES string of the molecule is CC(C)C[C@H](NC(=O)Cc1cc2ccccc2s1)C(=O)NCCCCN(C)S(=O)(=O)c1ccc(F)cc1C(F)(F)F. The van der Waals surface area contributed by atoms with Gasteiger partial charge in [-0.15, -0.1) is 11.3 Å². The lowest BCUT2D eigenvalue weighted by atomic mass is 10.0. The summed E-state index contributed by atoms with van der Waals surface area (Å²) in [5.74, 6) is -1.71. The van der Waals surface area contributed by atoms with Crippen molar-refractivity contribution in [3.8, 4) is 0 Å². The minimum absolute atomic E-state index is 0.117. The van der Waals surface area contributed by atoms with Crippen LogP contribution < -0.4 is 10.6 Å². The van der Waals surface area contributed by atoms with Gasteiger partial charge >= 0.3 is 6.18 Å². The summed E-state index contributed by atoms with van der Waals surface area (Å²) in [4.78, 5) is 25.4. The van der Waals surface area contributed by atoms with Gasteiger partial charge in [0.05, 0.1) is 16.9 Å². The van der Waals surface area contributed by atoms with Crippen LogP contribution in [0.25, 0.3) is 10.1 Å². The number of carbonyl (C=O) groups excluding carboxylic acids is 2. The third kappa shape index (κ3) is 8.98. The molecule has 1 atom stereocenters. The fourth-order valence-electron chi connectivity index (χ4n) is 4.26. The van der Waals surface area contributed by atoms with Crippen LogP contribution in [-0.2, 0) is 32.2 Å². The van der Waals surface area contributed by atoms with Gasteiger partial charge in [-0.2, -0.15) is 13.2 Å². The van der Waals surface area contributed by atoms with Crippen molar-refractivity contribution in [3.05, 3.63) is 64.8 Å². The molecule has 1 aromatic heterocycles. The highest BCUT2D eigenvalue weighted by atomic mass is 32.2. The molecular formula is C28H33F4N3O4S2. The summed E-state index contributed by atoms with van der Waals surface area (Å²) in [5, 5.41) is 6.61. The van der Waals surface area contributed by atoms with Crippen molar-refractivity contribution in [1.82, 2.24) is 14.9 Å². The van der Waals surface area contributed by atoms with Crippen LogP contribution >= 0.6 is 11.3 Å². The Morgan fingerprint density at radius 1 is 1.05 bits per heavy atom. The summed E-state index contributed by atoms with van der Waals surface area (Å²) in [6.45, 7) is 3.92. The van der Waals surface area contributed by atoms with E-state index in [1.54, 1.807) is 0 Å². The molecule has 0 fully saturated rings. The maximum Gasteiger partial charge on any atom is 0.417 e. The van der Waals surface area contributed by atoms with Crippen LogP contribution in [0.3, 0.4) is 0 Å². The molecular weight excluding hydrogens is 582 g/mol. The van der Waals surface area contributed by atoms with Gasteiger partial charge in [0.15, 0.2) is 0 Å². The number of sulfonamides is 1. The first-order valence-corrected chi connectivity index (χ1v) is 15.3. The van der Waals surface area contributed by atoms with Gasteiger partial charge in [0.25, 0.3) is 0 Å². The van der Waals surface area contributed by atoms with E-state index in [4.69, 9.17) is 0 Å². The molecule has 0 bridgehead atoms. The highest BCUT2D eigenvalue weighted by molar-refractivity contribution is 7.89. The second-order valence-corrected chi connectivity index (χ2v) is 13.3. The van der Waals surface area contributed by atoms with Crippen molar-refractivity contribution in [2.75, 3.05) is 20.1 Å². The molecule has 0 saturated heterocycles. The molecule has 7 nitrogen and oxygen atoms in total. The second kappa shape index (κ2) is 13.8. The number of alkyl halides is 3. The number of amides is 2. The van der Waals surface area contributed by atoms with Crippen LogP contribution in [0.4, 0.5) is 17.6 Å². The number of hydrogen-bond acceptors (Lipinski definition) is 5. The predicted molar refractivity (Wildman–Crippen MR) is 150 cm³/mol. The molecule has 0 saturated carbocycles. The van der Waals surface area contributed by atoms with E-state index in [0.717, 1.165) is 26.3 Å². The van der Waals surface area contributed by atoms with Gasteiger partial charge in [-0.1, -0.05) is 32.0 Å². The normalized spacial score (nSPS) is 13.1. The molecule has 0 aliphatic rings. The number of fused-ring (bicyclic) bond motifs is 1. The minimum Gasteiger partial charge on any atom is -0.354 e. The maximum atomic E-state index is 13.4. The number of nitrogens with one attached hydrogen (secondary N) is 2. The number of benzene rings is 2. The first-order chi connectivity index (χ1) is 19.2. The zero-order chi connectivity index (χ0) is 30.4. The Hall–Kier alpha value is -3.03. The van der Waals surface area contributed by atoms with E-state index in [0.29, 0.717) is 25.0 Å². The first kappa shape index (κ1) is 32.5. The molecule has 0 spiro atoms. The number of carbonyl (C=O) groups is 2. The van der Waals surface area contributed by atoms with Crippen LogP contribution in [0.2, 0.25) is 0 Å². The lowest BCUT2D eigenvalue weighted by Gasteiger charge is -2.21. The minimum atomic E-state index is -5.05. The average molecular weight is 616 g/mol. The van der Waals surface area contributed by atoms with Crippen molar-refractivity contribution in [2.45, 2.75) is 56.6 Å². The van der Waals surface area contributed by atoms with Gasteiger partial charge in [-0.25, -0.2) is 17.1 Å². The Labute approximate surface area is 241 Å². The Bertz CT molecular complexity index is 1440. The van der Waals surface area contributed by atoms with E-state index >= 15 is 0 Å². The molecule has 0 unspecified atom stereocenters. The number of nitrogens with zero attached hydrogens (tertiary/aromatic N) is 1. The topological polar surface area (TPSA) is 95.6 Å². The van der Waals surface area contributed by atoms with Crippen molar-refractivity contribution in [3.63, 3.8) is 0 Å². The molecule has 0 radical (unpaired) electrons. The van der Waals surface area contributed by atoms with Gasteiger partial charge in [0.1, 0.15) is 11.9 Å². The molecule has 0 aliphatic carbocycles. The standard InChI is InChI=1S/C28H33F4N3O4S2/c1-18(2)14-23(34-26(36)17-21-15-19-8-4-5-9-24(19)40-21)27(37)33-12-6-7-13-35(3)41(38,39)25-11-10-20(29)16-22(25)28(30,31)32/h4-5,8-11,15-16,18,23H,6-7,12-14,17H2,1-3H3,(H,33,37)(H,34,36)/t23-/m0/s1. The van der Waals surface area contributed by atoms with E-state index in [2.05, 4.69) is 10.6 Å². The Kier molecular flexibility index (Phi) is 10.9. The number of halogens is 4. The van der Waals surface area contributed by atoms with E-state index in [1.165, 1.54) is 11.3 Å². The van der Waals surface area contributed by atoms with E-state index in [-0.39, 0.29) is 49.7 Å².